The lowest BCUT2D eigenvalue weighted by molar-refractivity contribution is -0.114. The zero-order valence-corrected chi connectivity index (χ0v) is 16.5. The Kier molecular flexibility index (Phi) is 5.29. The van der Waals surface area contributed by atoms with Crippen molar-refractivity contribution in [2.75, 3.05) is 4.90 Å². The molecule has 0 bridgehead atoms. The van der Waals surface area contributed by atoms with Crippen LogP contribution < -0.4 is 4.90 Å². The summed E-state index contributed by atoms with van der Waals surface area (Å²) < 4.78 is 0.948. The maximum Gasteiger partial charge on any atom is 0.253 e. The molecule has 4 aromatic rings. The average Bonchev–Trinajstić information content (AvgIpc) is 3.34. The van der Waals surface area contributed by atoms with E-state index in [1.54, 1.807) is 40.8 Å². The second-order valence-electron chi connectivity index (χ2n) is 5.74. The number of rotatable bonds is 5. The van der Waals surface area contributed by atoms with Gasteiger partial charge in [-0.1, -0.05) is 35.1 Å². The lowest BCUT2D eigenvalue weighted by Gasteiger charge is -2.18. The Morgan fingerprint density at radius 2 is 2.15 bits per heavy atom. The van der Waals surface area contributed by atoms with Crippen LogP contribution in [0.1, 0.15) is 10.4 Å². The predicted molar refractivity (Wildman–Crippen MR) is 113 cm³/mol. The number of nitrogens with zero attached hydrogens (tertiary/aromatic N) is 3. The Morgan fingerprint density at radius 1 is 1.22 bits per heavy atom. The molecule has 0 aliphatic carbocycles. The quantitative estimate of drug-likeness (QED) is 0.398. The van der Waals surface area contributed by atoms with Crippen molar-refractivity contribution in [1.82, 2.24) is 9.97 Å². The van der Waals surface area contributed by atoms with Gasteiger partial charge in [-0.3, -0.25) is 14.7 Å². The lowest BCUT2D eigenvalue weighted by Crippen LogP contribution is -2.28. The Balaban J connectivity index is 1.68. The van der Waals surface area contributed by atoms with Crippen LogP contribution in [0.2, 0.25) is 5.02 Å². The molecule has 0 fully saturated rings. The largest absolute Gasteiger partial charge is 0.280 e. The van der Waals surface area contributed by atoms with Crippen molar-refractivity contribution < 1.29 is 4.79 Å². The van der Waals surface area contributed by atoms with Crippen LogP contribution in [0.15, 0.2) is 66.3 Å². The van der Waals surface area contributed by atoms with E-state index in [2.05, 4.69) is 9.97 Å². The third-order valence-corrected chi connectivity index (χ3v) is 5.95. The number of anilines is 1. The van der Waals surface area contributed by atoms with Crippen LogP contribution in [-0.2, 0) is 11.3 Å². The predicted octanol–water partition coefficient (Wildman–Crippen LogP) is 5.65. The van der Waals surface area contributed by atoms with Gasteiger partial charge in [-0.05, 0) is 47.4 Å². The number of hydrogen-bond donors (Lipinski definition) is 0. The number of carbonyl (C=O) groups is 1. The Morgan fingerprint density at radius 3 is 2.93 bits per heavy atom. The summed E-state index contributed by atoms with van der Waals surface area (Å²) in [7, 11) is 0. The number of hydrogen-bond acceptors (Lipinski definition) is 5. The van der Waals surface area contributed by atoms with Crippen molar-refractivity contribution in [3.05, 3.63) is 81.8 Å². The van der Waals surface area contributed by atoms with Crippen LogP contribution in [-0.4, -0.2) is 15.9 Å². The number of pyridine rings is 1. The summed E-state index contributed by atoms with van der Waals surface area (Å²) in [5.41, 5.74) is 1.76. The highest BCUT2D eigenvalue weighted by molar-refractivity contribution is 7.22. The zero-order chi connectivity index (χ0) is 18.6. The molecule has 27 heavy (non-hydrogen) atoms. The number of carbonyl (C=O) groups excluding carboxylic acids is 1. The topological polar surface area (TPSA) is 46.1 Å². The number of halogens is 1. The van der Waals surface area contributed by atoms with Crippen molar-refractivity contribution >= 4 is 61.6 Å². The fourth-order valence-electron chi connectivity index (χ4n) is 2.55. The average molecular weight is 412 g/mol. The highest BCUT2D eigenvalue weighted by Gasteiger charge is 2.18. The van der Waals surface area contributed by atoms with Crippen molar-refractivity contribution in [3.63, 3.8) is 0 Å². The van der Waals surface area contributed by atoms with E-state index in [0.29, 0.717) is 16.7 Å². The smallest absolute Gasteiger partial charge is 0.253 e. The molecular formula is C20H14ClN3OS2. The van der Waals surface area contributed by atoms with E-state index in [-0.39, 0.29) is 5.91 Å². The molecule has 4 nitrogen and oxygen atoms in total. The molecule has 1 amide bonds. The summed E-state index contributed by atoms with van der Waals surface area (Å²) in [4.78, 5) is 24.4. The normalized spacial score (nSPS) is 11.3. The van der Waals surface area contributed by atoms with Crippen LogP contribution in [0.5, 0.6) is 0 Å². The highest BCUT2D eigenvalue weighted by Crippen LogP contribution is 2.31. The van der Waals surface area contributed by atoms with Gasteiger partial charge >= 0.3 is 0 Å². The fraction of sp³-hybridized carbons (Fsp3) is 0.0500. The first-order chi connectivity index (χ1) is 13.2. The van der Waals surface area contributed by atoms with E-state index in [9.17, 15) is 4.79 Å². The molecule has 0 aliphatic heterocycles. The van der Waals surface area contributed by atoms with Gasteiger partial charge in [0.25, 0.3) is 5.91 Å². The van der Waals surface area contributed by atoms with Gasteiger partial charge < -0.3 is 0 Å². The number of fused-ring (bicyclic) bond motifs is 1. The van der Waals surface area contributed by atoms with Crippen LogP contribution in [0.4, 0.5) is 5.13 Å². The Bertz CT molecular complexity index is 1090. The maximum absolute atomic E-state index is 13.0. The van der Waals surface area contributed by atoms with Crippen LogP contribution in [0.3, 0.4) is 0 Å². The Hall–Kier alpha value is -2.54. The van der Waals surface area contributed by atoms with Crippen LogP contribution in [0.25, 0.3) is 16.3 Å². The van der Waals surface area contributed by atoms with Gasteiger partial charge in [-0.25, -0.2) is 4.98 Å². The van der Waals surface area contributed by atoms with Gasteiger partial charge in [0.2, 0.25) is 0 Å². The second kappa shape index (κ2) is 8.00. The summed E-state index contributed by atoms with van der Waals surface area (Å²) in [5.74, 6) is -0.127. The molecular weight excluding hydrogens is 398 g/mol. The molecule has 0 saturated carbocycles. The molecule has 0 saturated heterocycles. The minimum absolute atomic E-state index is 0.127. The summed E-state index contributed by atoms with van der Waals surface area (Å²) in [6.45, 7) is 0.398. The molecule has 0 unspecified atom stereocenters. The third-order valence-electron chi connectivity index (χ3n) is 3.83. The second-order valence-corrected chi connectivity index (χ2v) is 8.17. The van der Waals surface area contributed by atoms with Gasteiger partial charge in [-0.15, -0.1) is 11.3 Å². The van der Waals surface area contributed by atoms with Gasteiger partial charge in [0.15, 0.2) is 5.13 Å². The van der Waals surface area contributed by atoms with Gasteiger partial charge in [-0.2, -0.15) is 0 Å². The van der Waals surface area contributed by atoms with E-state index in [1.807, 2.05) is 47.9 Å². The third kappa shape index (κ3) is 4.24. The zero-order valence-electron chi connectivity index (χ0n) is 14.1. The molecule has 1 aromatic carbocycles. The summed E-state index contributed by atoms with van der Waals surface area (Å²) in [5, 5.41) is 3.27. The highest BCUT2D eigenvalue weighted by atomic mass is 35.5. The van der Waals surface area contributed by atoms with Crippen molar-refractivity contribution in [2.24, 2.45) is 0 Å². The monoisotopic (exact) mass is 411 g/mol. The Labute approximate surface area is 169 Å². The molecule has 134 valence electrons. The van der Waals surface area contributed by atoms with E-state index >= 15 is 0 Å². The molecule has 0 radical (unpaired) electrons. The first-order valence-corrected chi connectivity index (χ1v) is 10.2. The van der Waals surface area contributed by atoms with Gasteiger partial charge in [0, 0.05) is 28.4 Å². The van der Waals surface area contributed by atoms with Crippen molar-refractivity contribution in [3.8, 4) is 0 Å². The molecule has 0 spiro atoms. The summed E-state index contributed by atoms with van der Waals surface area (Å²) in [6.07, 6.45) is 6.88. The van der Waals surface area contributed by atoms with Crippen molar-refractivity contribution in [2.45, 2.75) is 6.54 Å². The number of thiazole rings is 1. The SMILES string of the molecule is O=C(C=Cc1cccs1)N(Cc1cccnc1)c1nc2ccc(Cl)cc2s1. The number of aromatic nitrogens is 2. The lowest BCUT2D eigenvalue weighted by atomic mass is 10.2. The maximum atomic E-state index is 13.0. The first-order valence-electron chi connectivity index (χ1n) is 8.17. The fourth-order valence-corrected chi connectivity index (χ4v) is 4.41. The molecule has 0 aliphatic rings. The molecule has 0 atom stereocenters. The van der Waals surface area contributed by atoms with Crippen LogP contribution in [0, 0.1) is 0 Å². The number of benzene rings is 1. The van der Waals surface area contributed by atoms with E-state index in [1.165, 1.54) is 11.3 Å². The van der Waals surface area contributed by atoms with E-state index in [0.717, 1.165) is 20.7 Å². The van der Waals surface area contributed by atoms with Crippen molar-refractivity contribution in [1.29, 1.82) is 0 Å². The minimum Gasteiger partial charge on any atom is -0.280 e. The standard InChI is InChI=1S/C20H14ClN3OS2/c21-15-5-7-17-18(11-15)27-20(23-17)24(13-14-3-1-9-22-12-14)19(25)8-6-16-4-2-10-26-16/h1-12H,13H2. The van der Waals surface area contributed by atoms with Gasteiger partial charge in [0.05, 0.1) is 16.8 Å². The molecule has 4 rings (SSSR count). The molecule has 0 N–H and O–H groups in total. The summed E-state index contributed by atoms with van der Waals surface area (Å²) in [6, 6.07) is 13.3. The van der Waals surface area contributed by atoms with Crippen LogP contribution >= 0.6 is 34.3 Å². The molecule has 3 aromatic heterocycles. The first kappa shape index (κ1) is 17.9. The van der Waals surface area contributed by atoms with E-state index < -0.39 is 0 Å². The van der Waals surface area contributed by atoms with E-state index in [4.69, 9.17) is 11.6 Å². The van der Waals surface area contributed by atoms with Gasteiger partial charge in [0.1, 0.15) is 0 Å². The molecule has 7 heteroatoms. The summed E-state index contributed by atoms with van der Waals surface area (Å²) >= 11 is 9.12. The number of thiophene rings is 1. The molecule has 3 heterocycles. The number of amides is 1. The minimum atomic E-state index is -0.127.